The van der Waals surface area contributed by atoms with Gasteiger partial charge in [0.25, 0.3) is 0 Å². The van der Waals surface area contributed by atoms with Crippen molar-refractivity contribution in [2.75, 3.05) is 19.6 Å². The Morgan fingerprint density at radius 2 is 2.05 bits per heavy atom. The molecule has 3 amide bonds. The van der Waals surface area contributed by atoms with Gasteiger partial charge in [-0.1, -0.05) is 0 Å². The number of carboxylic acid groups (broad SMARTS) is 1. The van der Waals surface area contributed by atoms with E-state index in [4.69, 9.17) is 10.8 Å². The number of aliphatic carboxylic acids is 1. The van der Waals surface area contributed by atoms with E-state index in [0.29, 0.717) is 38.9 Å². The van der Waals surface area contributed by atoms with Crippen molar-refractivity contribution in [1.29, 1.82) is 0 Å². The van der Waals surface area contributed by atoms with Crippen molar-refractivity contribution in [2.24, 2.45) is 11.7 Å². The van der Waals surface area contributed by atoms with Crippen molar-refractivity contribution in [1.82, 2.24) is 10.2 Å². The van der Waals surface area contributed by atoms with E-state index in [1.54, 1.807) is 4.90 Å². The van der Waals surface area contributed by atoms with Crippen LogP contribution < -0.4 is 11.1 Å². The van der Waals surface area contributed by atoms with Gasteiger partial charge in [-0.2, -0.15) is 0 Å². The van der Waals surface area contributed by atoms with E-state index in [-0.39, 0.29) is 24.3 Å². The Balaban J connectivity index is 2.21. The lowest BCUT2D eigenvalue weighted by Gasteiger charge is -2.32. The molecule has 7 heteroatoms. The van der Waals surface area contributed by atoms with Gasteiger partial charge < -0.3 is 21.1 Å². The first-order valence-corrected chi connectivity index (χ1v) is 7.02. The molecule has 1 aliphatic rings. The summed E-state index contributed by atoms with van der Waals surface area (Å²) in [4.78, 5) is 34.8. The summed E-state index contributed by atoms with van der Waals surface area (Å²) in [7, 11) is 0. The number of primary amides is 1. The Kier molecular flexibility index (Phi) is 6.83. The number of likely N-dealkylation sites (tertiary alicyclic amines) is 1. The molecular formula is C13H23N3O4. The first-order chi connectivity index (χ1) is 9.49. The second-order valence-corrected chi connectivity index (χ2v) is 5.21. The number of carbonyl (C=O) groups excluding carboxylic acids is 2. The molecule has 1 aliphatic heterocycles. The molecule has 114 valence electrons. The summed E-state index contributed by atoms with van der Waals surface area (Å²) in [5, 5.41) is 11.6. The predicted octanol–water partition coefficient (Wildman–Crippen LogP) is 0.538. The van der Waals surface area contributed by atoms with E-state index >= 15 is 0 Å². The zero-order chi connectivity index (χ0) is 15.0. The topological polar surface area (TPSA) is 113 Å². The van der Waals surface area contributed by atoms with Crippen molar-refractivity contribution < 1.29 is 19.5 Å². The van der Waals surface area contributed by atoms with Crippen molar-refractivity contribution in [3.8, 4) is 0 Å². The molecule has 1 rings (SSSR count). The Morgan fingerprint density at radius 3 is 2.70 bits per heavy atom. The van der Waals surface area contributed by atoms with Gasteiger partial charge in [-0.15, -0.1) is 0 Å². The molecule has 0 spiro atoms. The van der Waals surface area contributed by atoms with Gasteiger partial charge in [-0.25, -0.2) is 4.79 Å². The smallest absolute Gasteiger partial charge is 0.317 e. The van der Waals surface area contributed by atoms with Gasteiger partial charge in [0, 0.05) is 32.5 Å². The normalized spacial score (nSPS) is 18.6. The maximum atomic E-state index is 11.9. The van der Waals surface area contributed by atoms with Crippen LogP contribution in [0.3, 0.4) is 0 Å². The van der Waals surface area contributed by atoms with Crippen molar-refractivity contribution in [2.45, 2.75) is 38.5 Å². The fourth-order valence-corrected chi connectivity index (χ4v) is 2.39. The molecule has 0 saturated carbocycles. The Morgan fingerprint density at radius 1 is 1.30 bits per heavy atom. The first kappa shape index (κ1) is 16.3. The molecule has 0 aliphatic carbocycles. The fraction of sp³-hybridized carbons (Fsp3) is 0.769. The van der Waals surface area contributed by atoms with Gasteiger partial charge in [0.15, 0.2) is 0 Å². The second kappa shape index (κ2) is 8.39. The summed E-state index contributed by atoms with van der Waals surface area (Å²) >= 11 is 0. The van der Waals surface area contributed by atoms with Crippen molar-refractivity contribution >= 4 is 17.9 Å². The lowest BCUT2D eigenvalue weighted by molar-refractivity contribution is -0.138. The quantitative estimate of drug-likeness (QED) is 0.592. The third kappa shape index (κ3) is 6.40. The molecule has 20 heavy (non-hydrogen) atoms. The van der Waals surface area contributed by atoms with Crippen LogP contribution in [0.2, 0.25) is 0 Å². The van der Waals surface area contributed by atoms with E-state index in [1.807, 2.05) is 0 Å². The van der Waals surface area contributed by atoms with Gasteiger partial charge in [0.2, 0.25) is 5.91 Å². The zero-order valence-corrected chi connectivity index (χ0v) is 11.6. The highest BCUT2D eigenvalue weighted by atomic mass is 16.4. The van der Waals surface area contributed by atoms with Crippen LogP contribution in [-0.2, 0) is 9.59 Å². The summed E-state index contributed by atoms with van der Waals surface area (Å²) in [6.07, 6.45) is 3.52. The number of nitrogens with zero attached hydrogens (tertiary/aromatic N) is 1. The average molecular weight is 285 g/mol. The zero-order valence-electron chi connectivity index (χ0n) is 11.6. The summed E-state index contributed by atoms with van der Waals surface area (Å²) < 4.78 is 0. The lowest BCUT2D eigenvalue weighted by Crippen LogP contribution is -2.46. The van der Waals surface area contributed by atoms with E-state index in [1.165, 1.54) is 0 Å². The first-order valence-electron chi connectivity index (χ1n) is 7.02. The molecule has 0 aromatic rings. The van der Waals surface area contributed by atoms with E-state index in [2.05, 4.69) is 5.32 Å². The number of urea groups is 1. The lowest BCUT2D eigenvalue weighted by atomic mass is 9.95. The number of nitrogens with one attached hydrogen (secondary N) is 1. The summed E-state index contributed by atoms with van der Waals surface area (Å²) in [6, 6.07) is -0.154. The van der Waals surface area contributed by atoms with Gasteiger partial charge in [0.1, 0.15) is 0 Å². The van der Waals surface area contributed by atoms with Crippen molar-refractivity contribution in [3.05, 3.63) is 0 Å². The summed E-state index contributed by atoms with van der Waals surface area (Å²) in [5.74, 6) is -1.10. The third-order valence-corrected chi connectivity index (χ3v) is 3.40. The molecular weight excluding hydrogens is 262 g/mol. The van der Waals surface area contributed by atoms with Crippen LogP contribution in [0.15, 0.2) is 0 Å². The van der Waals surface area contributed by atoms with Crippen LogP contribution in [0.1, 0.15) is 38.5 Å². The largest absolute Gasteiger partial charge is 0.481 e. The molecule has 1 heterocycles. The molecule has 4 N–H and O–H groups in total. The van der Waals surface area contributed by atoms with E-state index in [9.17, 15) is 14.4 Å². The van der Waals surface area contributed by atoms with Gasteiger partial charge >= 0.3 is 12.0 Å². The highest BCUT2D eigenvalue weighted by Gasteiger charge is 2.24. The highest BCUT2D eigenvalue weighted by molar-refractivity contribution is 5.74. The molecule has 1 fully saturated rings. The fourth-order valence-electron chi connectivity index (χ4n) is 2.39. The molecule has 0 aromatic heterocycles. The minimum absolute atomic E-state index is 0.0434. The molecule has 0 radical (unpaired) electrons. The van der Waals surface area contributed by atoms with Crippen LogP contribution in [0.5, 0.6) is 0 Å². The average Bonchev–Trinajstić information content (AvgIpc) is 2.37. The number of carboxylic acids is 1. The van der Waals surface area contributed by atoms with Crippen LogP contribution >= 0.6 is 0 Å². The molecule has 1 atom stereocenters. The molecule has 1 saturated heterocycles. The predicted molar refractivity (Wildman–Crippen MR) is 73.0 cm³/mol. The number of piperidine rings is 1. The van der Waals surface area contributed by atoms with Gasteiger partial charge in [-0.05, 0) is 31.6 Å². The number of carbonyl (C=O) groups is 3. The number of hydrogen-bond donors (Lipinski definition) is 3. The van der Waals surface area contributed by atoms with Gasteiger partial charge in [-0.3, -0.25) is 9.59 Å². The monoisotopic (exact) mass is 285 g/mol. The molecule has 1 unspecified atom stereocenters. The molecule has 0 aromatic carbocycles. The Labute approximate surface area is 118 Å². The minimum Gasteiger partial charge on any atom is -0.481 e. The van der Waals surface area contributed by atoms with Crippen LogP contribution in [0, 0.1) is 5.92 Å². The Hall–Kier alpha value is -1.79. The number of unbranched alkanes of at least 4 members (excludes halogenated alkanes) is 1. The maximum absolute atomic E-state index is 11.9. The molecule has 7 nitrogen and oxygen atoms in total. The van der Waals surface area contributed by atoms with Crippen LogP contribution in [0.4, 0.5) is 4.79 Å². The maximum Gasteiger partial charge on any atom is 0.317 e. The van der Waals surface area contributed by atoms with E-state index < -0.39 is 5.97 Å². The number of hydrogen-bond acceptors (Lipinski definition) is 3. The minimum atomic E-state index is -0.816. The third-order valence-electron chi connectivity index (χ3n) is 3.40. The van der Waals surface area contributed by atoms with Gasteiger partial charge in [0.05, 0.1) is 0 Å². The standard InChI is InChI=1S/C13H23N3O4/c14-11(17)5-1-2-6-15-13(20)16-7-3-4-10(9-16)8-12(18)19/h10H,1-9H2,(H2,14,17)(H,15,20)(H,18,19). The van der Waals surface area contributed by atoms with E-state index in [0.717, 1.165) is 12.8 Å². The number of rotatable bonds is 7. The molecule has 0 bridgehead atoms. The Bertz CT molecular complexity index is 360. The number of nitrogens with two attached hydrogens (primary N) is 1. The van der Waals surface area contributed by atoms with Crippen molar-refractivity contribution in [3.63, 3.8) is 0 Å². The highest BCUT2D eigenvalue weighted by Crippen LogP contribution is 2.19. The van der Waals surface area contributed by atoms with Crippen LogP contribution in [-0.4, -0.2) is 47.5 Å². The SMILES string of the molecule is NC(=O)CCCCNC(=O)N1CCCC(CC(=O)O)C1. The number of amides is 3. The summed E-state index contributed by atoms with van der Waals surface area (Å²) in [6.45, 7) is 1.68. The van der Waals surface area contributed by atoms with Crippen LogP contribution in [0.25, 0.3) is 0 Å². The second-order valence-electron chi connectivity index (χ2n) is 5.21. The summed E-state index contributed by atoms with van der Waals surface area (Å²) in [5.41, 5.74) is 5.02.